The van der Waals surface area contributed by atoms with Crippen molar-refractivity contribution in [3.05, 3.63) is 48.6 Å². The van der Waals surface area contributed by atoms with Crippen molar-refractivity contribution in [1.29, 1.82) is 0 Å². The fourth-order valence-electron chi connectivity index (χ4n) is 1.76. The van der Waals surface area contributed by atoms with Crippen molar-refractivity contribution in [3.8, 4) is 0 Å². The maximum Gasteiger partial charge on any atom is 0.224 e. The molecule has 1 atom stereocenters. The van der Waals surface area contributed by atoms with Crippen LogP contribution in [0.5, 0.6) is 0 Å². The molecule has 0 radical (unpaired) electrons. The molecule has 1 unspecified atom stereocenters. The van der Waals surface area contributed by atoms with E-state index in [2.05, 4.69) is 6.58 Å². The summed E-state index contributed by atoms with van der Waals surface area (Å²) in [5, 5.41) is 0. The summed E-state index contributed by atoms with van der Waals surface area (Å²) in [6.45, 7) is 4.42. The fraction of sp³-hybridized carbons (Fsp3) is 0.400. The number of rotatable bonds is 7. The zero-order chi connectivity index (χ0) is 13.4. The van der Waals surface area contributed by atoms with Crippen LogP contribution >= 0.6 is 12.4 Å². The third kappa shape index (κ3) is 6.41. The molecule has 106 valence electrons. The third-order valence-corrected chi connectivity index (χ3v) is 2.95. The van der Waals surface area contributed by atoms with Gasteiger partial charge in [0, 0.05) is 26.1 Å². The second kappa shape index (κ2) is 9.59. The van der Waals surface area contributed by atoms with Crippen LogP contribution in [0.4, 0.5) is 0 Å². The van der Waals surface area contributed by atoms with E-state index in [1.54, 1.807) is 4.90 Å². The Morgan fingerprint density at radius 1 is 1.42 bits per heavy atom. The largest absolute Gasteiger partial charge is 0.346 e. The summed E-state index contributed by atoms with van der Waals surface area (Å²) < 4.78 is 0. The van der Waals surface area contributed by atoms with Gasteiger partial charge in [-0.1, -0.05) is 36.4 Å². The Balaban J connectivity index is 0.00000324. The van der Waals surface area contributed by atoms with Crippen molar-refractivity contribution in [2.75, 3.05) is 13.6 Å². The van der Waals surface area contributed by atoms with Gasteiger partial charge in [0.15, 0.2) is 0 Å². The average Bonchev–Trinajstić information content (AvgIpc) is 2.39. The molecule has 4 heteroatoms. The Labute approximate surface area is 121 Å². The van der Waals surface area contributed by atoms with E-state index in [-0.39, 0.29) is 24.4 Å². The summed E-state index contributed by atoms with van der Waals surface area (Å²) in [5.74, 6) is 0.0930. The van der Waals surface area contributed by atoms with Crippen LogP contribution in [0.15, 0.2) is 43.0 Å². The number of hydrogen-bond donors (Lipinski definition) is 1. The lowest BCUT2D eigenvalue weighted by molar-refractivity contribution is -0.130. The molecule has 0 spiro atoms. The maximum absolute atomic E-state index is 11.9. The first-order chi connectivity index (χ1) is 8.65. The van der Waals surface area contributed by atoms with E-state index in [0.29, 0.717) is 6.42 Å². The van der Waals surface area contributed by atoms with Crippen LogP contribution in [0.1, 0.15) is 30.9 Å². The van der Waals surface area contributed by atoms with Crippen LogP contribution in [0.2, 0.25) is 0 Å². The van der Waals surface area contributed by atoms with E-state index >= 15 is 0 Å². The normalized spacial score (nSPS) is 11.3. The van der Waals surface area contributed by atoms with E-state index in [0.717, 1.165) is 24.9 Å². The topological polar surface area (TPSA) is 46.3 Å². The molecule has 3 nitrogen and oxygen atoms in total. The van der Waals surface area contributed by atoms with Crippen molar-refractivity contribution in [3.63, 3.8) is 0 Å². The molecule has 0 bridgehead atoms. The summed E-state index contributed by atoms with van der Waals surface area (Å²) in [6, 6.07) is 9.51. The SMILES string of the molecule is C=CCCCN(C)C(=O)CC(N)c1ccccc1.Cl. The second-order valence-electron chi connectivity index (χ2n) is 4.47. The minimum atomic E-state index is -0.222. The van der Waals surface area contributed by atoms with Gasteiger partial charge in [0.05, 0.1) is 0 Å². The molecule has 0 aliphatic heterocycles. The Morgan fingerprint density at radius 2 is 2.05 bits per heavy atom. The van der Waals surface area contributed by atoms with Crippen LogP contribution in [0, 0.1) is 0 Å². The van der Waals surface area contributed by atoms with Crippen molar-refractivity contribution in [1.82, 2.24) is 4.90 Å². The van der Waals surface area contributed by atoms with Gasteiger partial charge < -0.3 is 10.6 Å². The molecule has 0 aliphatic carbocycles. The number of unbranched alkanes of at least 4 members (excludes halogenated alkanes) is 1. The predicted octanol–water partition coefficient (Wildman–Crippen LogP) is 2.92. The Bertz CT molecular complexity index is 381. The summed E-state index contributed by atoms with van der Waals surface area (Å²) in [5.41, 5.74) is 7.03. The van der Waals surface area contributed by atoms with Gasteiger partial charge in [-0.15, -0.1) is 19.0 Å². The lowest BCUT2D eigenvalue weighted by Gasteiger charge is -2.19. The molecule has 1 aromatic rings. The number of carbonyl (C=O) groups excluding carboxylic acids is 1. The van der Waals surface area contributed by atoms with Crippen molar-refractivity contribution >= 4 is 18.3 Å². The fourth-order valence-corrected chi connectivity index (χ4v) is 1.76. The summed E-state index contributed by atoms with van der Waals surface area (Å²) >= 11 is 0. The zero-order valence-electron chi connectivity index (χ0n) is 11.4. The van der Waals surface area contributed by atoms with Crippen molar-refractivity contribution < 1.29 is 4.79 Å². The highest BCUT2D eigenvalue weighted by atomic mass is 35.5. The van der Waals surface area contributed by atoms with Crippen molar-refractivity contribution in [2.45, 2.75) is 25.3 Å². The molecule has 0 heterocycles. The zero-order valence-corrected chi connectivity index (χ0v) is 12.2. The van der Waals surface area contributed by atoms with E-state index < -0.39 is 0 Å². The number of halogens is 1. The first kappa shape index (κ1) is 17.7. The van der Waals surface area contributed by atoms with Gasteiger partial charge in [0.25, 0.3) is 0 Å². The smallest absolute Gasteiger partial charge is 0.224 e. The lowest BCUT2D eigenvalue weighted by atomic mass is 10.0. The third-order valence-electron chi connectivity index (χ3n) is 2.95. The molecule has 1 amide bonds. The molecular formula is C15H23ClN2O. The number of allylic oxidation sites excluding steroid dienone is 1. The lowest BCUT2D eigenvalue weighted by Crippen LogP contribution is -2.30. The molecule has 0 saturated carbocycles. The van der Waals surface area contributed by atoms with Crippen molar-refractivity contribution in [2.24, 2.45) is 5.73 Å². The summed E-state index contributed by atoms with van der Waals surface area (Å²) in [7, 11) is 1.82. The number of nitrogens with zero attached hydrogens (tertiary/aromatic N) is 1. The van der Waals surface area contributed by atoms with Gasteiger partial charge in [-0.2, -0.15) is 0 Å². The highest BCUT2D eigenvalue weighted by Gasteiger charge is 2.14. The number of carbonyl (C=O) groups is 1. The van der Waals surface area contributed by atoms with Gasteiger partial charge >= 0.3 is 0 Å². The van der Waals surface area contributed by atoms with Crippen LogP contribution in [-0.2, 0) is 4.79 Å². The molecular weight excluding hydrogens is 260 g/mol. The number of benzene rings is 1. The number of hydrogen-bond acceptors (Lipinski definition) is 2. The molecule has 1 rings (SSSR count). The summed E-state index contributed by atoms with van der Waals surface area (Å²) in [6.07, 6.45) is 4.11. The first-order valence-electron chi connectivity index (χ1n) is 6.30. The van der Waals surface area contributed by atoms with E-state index in [4.69, 9.17) is 5.73 Å². The quantitative estimate of drug-likeness (QED) is 0.617. The maximum atomic E-state index is 11.9. The van der Waals surface area contributed by atoms with Gasteiger partial charge in [-0.3, -0.25) is 4.79 Å². The summed E-state index contributed by atoms with van der Waals surface area (Å²) in [4.78, 5) is 13.7. The molecule has 19 heavy (non-hydrogen) atoms. The minimum absolute atomic E-state index is 0. The highest BCUT2D eigenvalue weighted by molar-refractivity contribution is 5.85. The predicted molar refractivity (Wildman–Crippen MR) is 82.3 cm³/mol. The Kier molecular flexibility index (Phi) is 8.92. The van der Waals surface area contributed by atoms with Gasteiger partial charge in [0.2, 0.25) is 5.91 Å². The second-order valence-corrected chi connectivity index (χ2v) is 4.47. The molecule has 0 aliphatic rings. The van der Waals surface area contributed by atoms with Gasteiger partial charge in [0.1, 0.15) is 0 Å². The molecule has 0 saturated heterocycles. The van der Waals surface area contributed by atoms with E-state index in [9.17, 15) is 4.79 Å². The molecule has 0 aromatic heterocycles. The Hall–Kier alpha value is -1.32. The number of nitrogens with two attached hydrogens (primary N) is 1. The van der Waals surface area contributed by atoms with Crippen LogP contribution < -0.4 is 5.73 Å². The molecule has 0 fully saturated rings. The standard InChI is InChI=1S/C15H22N2O.ClH/c1-3-4-8-11-17(2)15(18)12-14(16)13-9-6-5-7-10-13;/h3,5-7,9-10,14H,1,4,8,11-12,16H2,2H3;1H. The highest BCUT2D eigenvalue weighted by Crippen LogP contribution is 2.14. The number of amides is 1. The minimum Gasteiger partial charge on any atom is -0.346 e. The first-order valence-corrected chi connectivity index (χ1v) is 6.30. The monoisotopic (exact) mass is 282 g/mol. The van der Waals surface area contributed by atoms with E-state index in [1.807, 2.05) is 43.5 Å². The molecule has 2 N–H and O–H groups in total. The molecule has 1 aromatic carbocycles. The average molecular weight is 283 g/mol. The van der Waals surface area contributed by atoms with Crippen LogP contribution in [-0.4, -0.2) is 24.4 Å². The van der Waals surface area contributed by atoms with E-state index in [1.165, 1.54) is 0 Å². The Morgan fingerprint density at radius 3 is 2.63 bits per heavy atom. The van der Waals surface area contributed by atoms with Crippen LogP contribution in [0.3, 0.4) is 0 Å². The van der Waals surface area contributed by atoms with Crippen LogP contribution in [0.25, 0.3) is 0 Å². The van der Waals surface area contributed by atoms with Gasteiger partial charge in [-0.05, 0) is 18.4 Å². The van der Waals surface area contributed by atoms with Gasteiger partial charge in [-0.25, -0.2) is 0 Å².